The number of carbonyl (C=O) groups excluding carboxylic acids is 1. The molecule has 4 nitrogen and oxygen atoms in total. The Morgan fingerprint density at radius 2 is 1.90 bits per heavy atom. The van der Waals surface area contributed by atoms with Crippen LogP contribution < -0.4 is 5.32 Å². The van der Waals surface area contributed by atoms with Crippen LogP contribution in [-0.4, -0.2) is 21.7 Å². The average Bonchev–Trinajstić information content (AvgIpc) is 2.85. The fraction of sp³-hybridized carbons (Fsp3) is 0.765. The molecule has 0 radical (unpaired) electrons. The summed E-state index contributed by atoms with van der Waals surface area (Å²) in [4.78, 5) is 12.3. The van der Waals surface area contributed by atoms with Crippen molar-refractivity contribution < 1.29 is 4.79 Å². The fourth-order valence-electron chi connectivity index (χ4n) is 5.22. The van der Waals surface area contributed by atoms with E-state index in [0.717, 1.165) is 29.4 Å². The van der Waals surface area contributed by atoms with E-state index in [1.165, 1.54) is 32.1 Å². The molecule has 0 aliphatic heterocycles. The van der Waals surface area contributed by atoms with Gasteiger partial charge in [0.2, 0.25) is 5.91 Å². The Bertz CT molecular complexity index is 508. The number of carbonyl (C=O) groups is 1. The van der Waals surface area contributed by atoms with Gasteiger partial charge in [0.15, 0.2) is 0 Å². The van der Waals surface area contributed by atoms with Crippen molar-refractivity contribution in [3.05, 3.63) is 18.0 Å². The lowest BCUT2D eigenvalue weighted by atomic mass is 9.54. The van der Waals surface area contributed by atoms with Crippen LogP contribution in [0.4, 0.5) is 0 Å². The SMILES string of the molecule is Cc1ccn(CCC(=O)NC2C3CC4CC(C3)CC2C4)n1. The van der Waals surface area contributed by atoms with E-state index in [0.29, 0.717) is 19.0 Å². The van der Waals surface area contributed by atoms with Gasteiger partial charge in [-0.25, -0.2) is 0 Å². The number of aromatic nitrogens is 2. The first-order chi connectivity index (χ1) is 10.2. The third-order valence-corrected chi connectivity index (χ3v) is 5.90. The molecule has 114 valence electrons. The molecule has 0 spiro atoms. The quantitative estimate of drug-likeness (QED) is 0.925. The van der Waals surface area contributed by atoms with Crippen molar-refractivity contribution in [2.45, 2.75) is 58.0 Å². The summed E-state index contributed by atoms with van der Waals surface area (Å²) in [6.45, 7) is 2.66. The average molecular weight is 287 g/mol. The molecular formula is C17H25N3O. The maximum absolute atomic E-state index is 12.3. The monoisotopic (exact) mass is 287 g/mol. The van der Waals surface area contributed by atoms with Gasteiger partial charge in [0.05, 0.1) is 5.69 Å². The van der Waals surface area contributed by atoms with Crippen LogP contribution in [0.25, 0.3) is 0 Å². The molecule has 21 heavy (non-hydrogen) atoms. The van der Waals surface area contributed by atoms with Gasteiger partial charge in [-0.1, -0.05) is 0 Å². The molecule has 5 rings (SSSR count). The Labute approximate surface area is 126 Å². The standard InChI is InChI=1S/C17H25N3O/c1-11-2-4-20(19-11)5-3-16(21)18-17-14-7-12-6-13(9-14)10-15(17)8-12/h2,4,12-15,17H,3,5-10H2,1H3,(H,18,21). The zero-order chi connectivity index (χ0) is 14.4. The van der Waals surface area contributed by atoms with Crippen molar-refractivity contribution in [2.75, 3.05) is 0 Å². The second-order valence-corrected chi connectivity index (χ2v) is 7.49. The second-order valence-electron chi connectivity index (χ2n) is 7.49. The molecule has 4 fully saturated rings. The molecule has 1 heterocycles. The van der Waals surface area contributed by atoms with E-state index in [2.05, 4.69) is 10.4 Å². The smallest absolute Gasteiger partial charge is 0.222 e. The highest BCUT2D eigenvalue weighted by Crippen LogP contribution is 2.53. The van der Waals surface area contributed by atoms with Crippen LogP contribution in [0.3, 0.4) is 0 Å². The van der Waals surface area contributed by atoms with Crippen molar-refractivity contribution in [2.24, 2.45) is 23.7 Å². The number of aryl methyl sites for hydroxylation is 2. The highest BCUT2D eigenvalue weighted by atomic mass is 16.1. The molecule has 0 unspecified atom stereocenters. The maximum Gasteiger partial charge on any atom is 0.222 e. The van der Waals surface area contributed by atoms with Gasteiger partial charge in [-0.2, -0.15) is 5.10 Å². The number of nitrogens with zero attached hydrogens (tertiary/aromatic N) is 2. The Morgan fingerprint density at radius 3 is 2.48 bits per heavy atom. The number of amides is 1. The van der Waals surface area contributed by atoms with Crippen molar-refractivity contribution in [1.82, 2.24) is 15.1 Å². The van der Waals surface area contributed by atoms with Crippen molar-refractivity contribution in [3.8, 4) is 0 Å². The third-order valence-electron chi connectivity index (χ3n) is 5.90. The van der Waals surface area contributed by atoms with Crippen LogP contribution in [0.1, 0.15) is 44.2 Å². The number of nitrogens with one attached hydrogen (secondary N) is 1. The lowest BCUT2D eigenvalue weighted by Crippen LogP contribution is -2.55. The van der Waals surface area contributed by atoms with E-state index in [9.17, 15) is 4.79 Å². The summed E-state index contributed by atoms with van der Waals surface area (Å²) in [6, 6.07) is 2.44. The zero-order valence-electron chi connectivity index (χ0n) is 12.8. The van der Waals surface area contributed by atoms with E-state index in [1.807, 2.05) is 23.9 Å². The molecule has 4 aliphatic rings. The highest BCUT2D eigenvalue weighted by molar-refractivity contribution is 5.76. The lowest BCUT2D eigenvalue weighted by molar-refractivity contribution is -0.125. The molecule has 0 saturated heterocycles. The van der Waals surface area contributed by atoms with E-state index >= 15 is 0 Å². The first-order valence-electron chi connectivity index (χ1n) is 8.47. The van der Waals surface area contributed by atoms with Crippen molar-refractivity contribution in [1.29, 1.82) is 0 Å². The highest BCUT2D eigenvalue weighted by Gasteiger charge is 2.48. The number of hydrogen-bond acceptors (Lipinski definition) is 2. The van der Waals surface area contributed by atoms with Gasteiger partial charge in [0.25, 0.3) is 0 Å². The Hall–Kier alpha value is -1.32. The van der Waals surface area contributed by atoms with Gasteiger partial charge in [-0.05, 0) is 68.8 Å². The van der Waals surface area contributed by atoms with E-state index < -0.39 is 0 Å². The summed E-state index contributed by atoms with van der Waals surface area (Å²) in [5, 5.41) is 7.70. The van der Waals surface area contributed by atoms with Gasteiger partial charge in [0.1, 0.15) is 0 Å². The van der Waals surface area contributed by atoms with Crippen LogP contribution in [0, 0.1) is 30.6 Å². The van der Waals surface area contributed by atoms with Crippen molar-refractivity contribution >= 4 is 5.91 Å². The number of hydrogen-bond donors (Lipinski definition) is 1. The minimum Gasteiger partial charge on any atom is -0.353 e. The summed E-state index contributed by atoms with van der Waals surface area (Å²) >= 11 is 0. The Balaban J connectivity index is 1.32. The molecule has 4 bridgehead atoms. The molecule has 4 saturated carbocycles. The van der Waals surface area contributed by atoms with Gasteiger partial charge in [-0.3, -0.25) is 9.48 Å². The van der Waals surface area contributed by atoms with Crippen LogP contribution in [0.15, 0.2) is 12.3 Å². The van der Waals surface area contributed by atoms with Crippen LogP contribution in [0.5, 0.6) is 0 Å². The first-order valence-corrected chi connectivity index (χ1v) is 8.47. The molecule has 0 atom stereocenters. The summed E-state index contributed by atoms with van der Waals surface area (Å²) in [7, 11) is 0. The van der Waals surface area contributed by atoms with Crippen molar-refractivity contribution in [3.63, 3.8) is 0 Å². The van der Waals surface area contributed by atoms with E-state index in [1.54, 1.807) is 0 Å². The first kappa shape index (κ1) is 13.4. The van der Waals surface area contributed by atoms with Gasteiger partial charge in [-0.15, -0.1) is 0 Å². The maximum atomic E-state index is 12.3. The third kappa shape index (κ3) is 2.60. The molecule has 0 aromatic carbocycles. The minimum atomic E-state index is 0.209. The van der Waals surface area contributed by atoms with Crippen LogP contribution in [0.2, 0.25) is 0 Å². The lowest BCUT2D eigenvalue weighted by Gasteiger charge is -2.54. The molecular weight excluding hydrogens is 262 g/mol. The minimum absolute atomic E-state index is 0.209. The van der Waals surface area contributed by atoms with Gasteiger partial charge in [0, 0.05) is 25.2 Å². The predicted octanol–water partition coefficient (Wildman–Crippen LogP) is 2.52. The predicted molar refractivity (Wildman–Crippen MR) is 80.6 cm³/mol. The fourth-order valence-corrected chi connectivity index (χ4v) is 5.22. The Kier molecular flexibility index (Phi) is 3.27. The topological polar surface area (TPSA) is 46.9 Å². The molecule has 4 aliphatic carbocycles. The molecule has 1 amide bonds. The summed E-state index contributed by atoms with van der Waals surface area (Å²) in [5.41, 5.74) is 1.01. The molecule has 4 heteroatoms. The second kappa shape index (κ2) is 5.15. The Morgan fingerprint density at radius 1 is 1.24 bits per heavy atom. The molecule has 1 aromatic heterocycles. The molecule has 1 aromatic rings. The normalized spacial score (nSPS) is 36.9. The van der Waals surface area contributed by atoms with E-state index in [-0.39, 0.29) is 5.91 Å². The molecule has 1 N–H and O–H groups in total. The van der Waals surface area contributed by atoms with E-state index in [4.69, 9.17) is 0 Å². The van der Waals surface area contributed by atoms with Crippen LogP contribution >= 0.6 is 0 Å². The summed E-state index contributed by atoms with van der Waals surface area (Å²) in [6.07, 6.45) is 9.39. The van der Waals surface area contributed by atoms with Gasteiger partial charge >= 0.3 is 0 Å². The van der Waals surface area contributed by atoms with Gasteiger partial charge < -0.3 is 5.32 Å². The zero-order valence-corrected chi connectivity index (χ0v) is 12.8. The van der Waals surface area contributed by atoms with Crippen LogP contribution in [-0.2, 0) is 11.3 Å². The number of rotatable bonds is 4. The summed E-state index contributed by atoms with van der Waals surface area (Å²) < 4.78 is 1.87. The summed E-state index contributed by atoms with van der Waals surface area (Å²) in [5.74, 6) is 3.66. The largest absolute Gasteiger partial charge is 0.353 e.